The molecule has 26 heavy (non-hydrogen) atoms. The number of ether oxygens (including phenoxy) is 2. The third-order valence-electron chi connectivity index (χ3n) is 2.80. The predicted octanol–water partition coefficient (Wildman–Crippen LogP) is 1.43. The number of hydrogen-bond donors (Lipinski definition) is 1. The van der Waals surface area contributed by atoms with Crippen LogP contribution < -0.4 is 0 Å². The summed E-state index contributed by atoms with van der Waals surface area (Å²) in [4.78, 5) is 32.8. The molecular formula is C16H29NO8P+. The molecule has 0 aliphatic heterocycles. The normalized spacial score (nSPS) is 13.8. The number of phosphoric ester groups is 1. The lowest BCUT2D eigenvalue weighted by Crippen LogP contribution is -2.37. The molecule has 0 bridgehead atoms. The molecule has 0 fully saturated rings. The molecule has 0 aromatic rings. The topological polar surface area (TPSA) is 108 Å². The minimum atomic E-state index is -4.44. The Morgan fingerprint density at radius 1 is 1.04 bits per heavy atom. The molecule has 0 saturated heterocycles. The fourth-order valence-electron chi connectivity index (χ4n) is 1.34. The summed E-state index contributed by atoms with van der Waals surface area (Å²) >= 11 is 0. The highest BCUT2D eigenvalue weighted by molar-refractivity contribution is 7.47. The maximum absolute atomic E-state index is 12.1. The molecule has 0 amide bonds. The van der Waals surface area contributed by atoms with Crippen molar-refractivity contribution in [1.29, 1.82) is 0 Å². The maximum Gasteiger partial charge on any atom is 0.472 e. The number of likely N-dealkylation sites (N-methyl/N-ethyl adjacent to an activating group) is 1. The SMILES string of the molecule is C=C(C)C(=O)OCC(COC(=O)C(=C)C)OP(=O)(O)OCC[N+](C)(C)C. The van der Waals surface area contributed by atoms with Gasteiger partial charge in [-0.3, -0.25) is 9.05 Å². The second-order valence-corrected chi connectivity index (χ2v) is 8.21. The van der Waals surface area contributed by atoms with Gasteiger partial charge in [0.25, 0.3) is 0 Å². The Hall–Kier alpha value is -1.51. The van der Waals surface area contributed by atoms with Gasteiger partial charge in [-0.25, -0.2) is 14.2 Å². The zero-order valence-electron chi connectivity index (χ0n) is 16.0. The number of carbonyl (C=O) groups excluding carboxylic acids is 2. The van der Waals surface area contributed by atoms with Gasteiger partial charge in [0, 0.05) is 11.1 Å². The number of carbonyl (C=O) groups is 2. The molecule has 0 aromatic heterocycles. The molecule has 0 radical (unpaired) electrons. The summed E-state index contributed by atoms with van der Waals surface area (Å²) in [6, 6.07) is 0. The smallest absolute Gasteiger partial charge is 0.459 e. The Labute approximate surface area is 154 Å². The number of esters is 2. The molecule has 10 heteroatoms. The van der Waals surface area contributed by atoms with Gasteiger partial charge in [0.05, 0.1) is 21.1 Å². The van der Waals surface area contributed by atoms with Crippen LogP contribution in [0.3, 0.4) is 0 Å². The Kier molecular flexibility index (Phi) is 9.98. The molecule has 0 spiro atoms. The first kappa shape index (κ1) is 24.5. The summed E-state index contributed by atoms with van der Waals surface area (Å²) in [5.41, 5.74) is 0.295. The van der Waals surface area contributed by atoms with Crippen molar-refractivity contribution in [3.05, 3.63) is 24.3 Å². The van der Waals surface area contributed by atoms with Gasteiger partial charge in [-0.05, 0) is 13.8 Å². The van der Waals surface area contributed by atoms with E-state index in [-0.39, 0.29) is 17.8 Å². The van der Waals surface area contributed by atoms with Gasteiger partial charge in [0.1, 0.15) is 32.5 Å². The lowest BCUT2D eigenvalue weighted by Gasteiger charge is -2.25. The average Bonchev–Trinajstić information content (AvgIpc) is 2.47. The van der Waals surface area contributed by atoms with Crippen molar-refractivity contribution in [1.82, 2.24) is 0 Å². The van der Waals surface area contributed by atoms with Crippen LogP contribution >= 0.6 is 7.82 Å². The standard InChI is InChI=1S/C16H28NO8P/c1-12(2)15(18)22-10-14(11-23-16(19)13(3)4)25-26(20,21)24-9-8-17(5,6)7/h14H,1,3,8-11H2,2,4-7H3/p+1. The van der Waals surface area contributed by atoms with Crippen LogP contribution in [-0.4, -0.2) is 74.9 Å². The number of quaternary nitrogens is 1. The summed E-state index contributed by atoms with van der Waals surface area (Å²) in [7, 11) is 1.24. The van der Waals surface area contributed by atoms with Crippen LogP contribution in [0.5, 0.6) is 0 Å². The molecule has 0 rings (SSSR count). The van der Waals surface area contributed by atoms with Gasteiger partial charge in [-0.1, -0.05) is 13.2 Å². The Balaban J connectivity index is 4.81. The Bertz CT molecular complexity index is 551. The fourth-order valence-corrected chi connectivity index (χ4v) is 2.21. The molecule has 0 aliphatic rings. The van der Waals surface area contributed by atoms with E-state index in [1.807, 2.05) is 21.1 Å². The second-order valence-electron chi connectivity index (χ2n) is 6.80. The molecule has 1 unspecified atom stereocenters. The van der Waals surface area contributed by atoms with Crippen molar-refractivity contribution in [2.24, 2.45) is 0 Å². The first-order valence-electron chi connectivity index (χ1n) is 7.85. The fraction of sp³-hybridized carbons (Fsp3) is 0.625. The van der Waals surface area contributed by atoms with Gasteiger partial charge >= 0.3 is 19.8 Å². The van der Waals surface area contributed by atoms with E-state index in [1.165, 1.54) is 13.8 Å². The number of nitrogens with zero attached hydrogens (tertiary/aromatic N) is 1. The average molecular weight is 394 g/mol. The second kappa shape index (κ2) is 10.6. The van der Waals surface area contributed by atoms with Gasteiger partial charge in [-0.2, -0.15) is 0 Å². The Morgan fingerprint density at radius 2 is 1.46 bits per heavy atom. The Morgan fingerprint density at radius 3 is 1.81 bits per heavy atom. The van der Waals surface area contributed by atoms with Crippen molar-refractivity contribution in [2.45, 2.75) is 20.0 Å². The number of phosphoric acid groups is 1. The van der Waals surface area contributed by atoms with E-state index in [0.29, 0.717) is 11.0 Å². The quantitative estimate of drug-likeness (QED) is 0.229. The van der Waals surface area contributed by atoms with E-state index in [0.717, 1.165) is 0 Å². The van der Waals surface area contributed by atoms with Crippen molar-refractivity contribution < 1.29 is 42.1 Å². The van der Waals surface area contributed by atoms with E-state index in [2.05, 4.69) is 13.2 Å². The van der Waals surface area contributed by atoms with E-state index >= 15 is 0 Å². The van der Waals surface area contributed by atoms with Gasteiger partial charge < -0.3 is 18.9 Å². The minimum Gasteiger partial charge on any atom is -0.459 e. The van der Waals surface area contributed by atoms with E-state index < -0.39 is 39.1 Å². The highest BCUT2D eigenvalue weighted by Crippen LogP contribution is 2.44. The monoisotopic (exact) mass is 394 g/mol. The van der Waals surface area contributed by atoms with E-state index in [9.17, 15) is 19.0 Å². The predicted molar refractivity (Wildman–Crippen MR) is 95.1 cm³/mol. The van der Waals surface area contributed by atoms with Crippen molar-refractivity contribution >= 4 is 19.8 Å². The van der Waals surface area contributed by atoms with Gasteiger partial charge in [-0.15, -0.1) is 0 Å². The van der Waals surface area contributed by atoms with Crippen LogP contribution in [0.4, 0.5) is 0 Å². The largest absolute Gasteiger partial charge is 0.472 e. The summed E-state index contributed by atoms with van der Waals surface area (Å²) < 4.78 is 32.3. The third kappa shape index (κ3) is 11.9. The highest BCUT2D eigenvalue weighted by atomic mass is 31.2. The molecule has 0 aliphatic carbocycles. The molecule has 0 saturated carbocycles. The first-order valence-corrected chi connectivity index (χ1v) is 9.34. The van der Waals surface area contributed by atoms with Crippen molar-refractivity contribution in [3.8, 4) is 0 Å². The van der Waals surface area contributed by atoms with Crippen LogP contribution in [0.15, 0.2) is 24.3 Å². The summed E-state index contributed by atoms with van der Waals surface area (Å²) in [6.07, 6.45) is -1.19. The van der Waals surface area contributed by atoms with E-state index in [1.54, 1.807) is 0 Å². The lowest BCUT2D eigenvalue weighted by atomic mass is 10.3. The number of rotatable bonds is 12. The van der Waals surface area contributed by atoms with Gasteiger partial charge in [0.2, 0.25) is 0 Å². The number of hydrogen-bond acceptors (Lipinski definition) is 7. The summed E-state index contributed by atoms with van der Waals surface area (Å²) in [5, 5.41) is 0. The lowest BCUT2D eigenvalue weighted by molar-refractivity contribution is -0.870. The van der Waals surface area contributed by atoms with Crippen LogP contribution in [0.2, 0.25) is 0 Å². The zero-order valence-corrected chi connectivity index (χ0v) is 16.9. The van der Waals surface area contributed by atoms with Crippen LogP contribution in [0.25, 0.3) is 0 Å². The molecule has 0 heterocycles. The molecular weight excluding hydrogens is 365 g/mol. The molecule has 150 valence electrons. The highest BCUT2D eigenvalue weighted by Gasteiger charge is 2.29. The van der Waals surface area contributed by atoms with Crippen molar-refractivity contribution in [3.63, 3.8) is 0 Å². The molecule has 1 N–H and O–H groups in total. The van der Waals surface area contributed by atoms with E-state index in [4.69, 9.17) is 18.5 Å². The summed E-state index contributed by atoms with van der Waals surface area (Å²) in [6.45, 7) is 9.35. The van der Waals surface area contributed by atoms with Crippen LogP contribution in [0.1, 0.15) is 13.8 Å². The first-order chi connectivity index (χ1) is 11.7. The zero-order chi connectivity index (χ0) is 20.5. The van der Waals surface area contributed by atoms with Crippen molar-refractivity contribution in [2.75, 3.05) is 47.5 Å². The third-order valence-corrected chi connectivity index (χ3v) is 3.87. The molecule has 9 nitrogen and oxygen atoms in total. The van der Waals surface area contributed by atoms with Crippen LogP contribution in [0, 0.1) is 0 Å². The van der Waals surface area contributed by atoms with Gasteiger partial charge in [0.15, 0.2) is 0 Å². The maximum atomic E-state index is 12.1. The minimum absolute atomic E-state index is 0.0267. The van der Waals surface area contributed by atoms with Crippen LogP contribution in [-0.2, 0) is 32.7 Å². The summed E-state index contributed by atoms with van der Waals surface area (Å²) in [5.74, 6) is -1.41. The molecule has 1 atom stereocenters. The molecule has 0 aromatic carbocycles.